The van der Waals surface area contributed by atoms with Crippen molar-refractivity contribution < 1.29 is 34.0 Å². The normalized spacial score (nSPS) is 56.8. The van der Waals surface area contributed by atoms with Crippen LogP contribution in [0, 0.1) is 40.4 Å². The van der Waals surface area contributed by atoms with Gasteiger partial charge in [0.1, 0.15) is 30.0 Å². The lowest BCUT2D eigenvalue weighted by molar-refractivity contribution is -0.162. The first-order valence-electron chi connectivity index (χ1n) is 13.7. The Labute approximate surface area is 206 Å². The molecule has 7 aliphatic rings. The lowest BCUT2D eigenvalue weighted by Gasteiger charge is -2.58. The second kappa shape index (κ2) is 6.97. The molecule has 3 aliphatic heterocycles. The van der Waals surface area contributed by atoms with Crippen molar-refractivity contribution in [1.29, 1.82) is 0 Å². The van der Waals surface area contributed by atoms with E-state index in [0.717, 1.165) is 37.7 Å². The average molecular weight is 487 g/mol. The Morgan fingerprint density at radius 2 is 1.91 bits per heavy atom. The zero-order chi connectivity index (χ0) is 24.7. The predicted molar refractivity (Wildman–Crippen MR) is 124 cm³/mol. The van der Waals surface area contributed by atoms with Gasteiger partial charge in [-0.25, -0.2) is 4.79 Å². The average Bonchev–Trinajstić information content (AvgIpc) is 3.74. The number of cyclic esters (lactones) is 1. The molecule has 4 saturated carbocycles. The first-order chi connectivity index (χ1) is 16.6. The topological polar surface area (TPSA) is 109 Å². The Hall–Kier alpha value is -1.28. The second-order valence-electron chi connectivity index (χ2n) is 13.2. The maximum atomic E-state index is 13.6. The van der Waals surface area contributed by atoms with E-state index in [0.29, 0.717) is 29.7 Å². The van der Waals surface area contributed by atoms with Crippen molar-refractivity contribution in [1.82, 2.24) is 0 Å². The molecule has 7 nitrogen and oxygen atoms in total. The molecule has 6 fully saturated rings. The number of aliphatic hydroxyl groups excluding tert-OH is 2. The van der Waals surface area contributed by atoms with E-state index in [9.17, 15) is 19.8 Å². The molecule has 4 aliphatic carbocycles. The molecule has 35 heavy (non-hydrogen) atoms. The maximum Gasteiger partial charge on any atom is 0.334 e. The zero-order valence-corrected chi connectivity index (χ0v) is 21.2. The second-order valence-corrected chi connectivity index (χ2v) is 13.2. The number of epoxide rings is 2. The minimum atomic E-state index is -0.747. The number of ether oxygens (including phenoxy) is 3. The van der Waals surface area contributed by atoms with Crippen molar-refractivity contribution in [3.63, 3.8) is 0 Å². The van der Waals surface area contributed by atoms with Gasteiger partial charge in [0.25, 0.3) is 0 Å². The fraction of sp³-hybridized carbons (Fsp3) is 0.857. The van der Waals surface area contributed by atoms with Gasteiger partial charge in [-0.05, 0) is 86.5 Å². The summed E-state index contributed by atoms with van der Waals surface area (Å²) in [5.74, 6) is 1.58. The number of ketones is 1. The van der Waals surface area contributed by atoms with Gasteiger partial charge in [-0.2, -0.15) is 0 Å². The van der Waals surface area contributed by atoms with Gasteiger partial charge in [0.2, 0.25) is 0 Å². The first-order valence-corrected chi connectivity index (χ1v) is 13.7. The van der Waals surface area contributed by atoms with E-state index in [2.05, 4.69) is 20.8 Å². The maximum absolute atomic E-state index is 13.6. The Kier molecular flexibility index (Phi) is 4.56. The SMILES string of the molecule is CC1=C(CO)C[C@H]([C@@H](C)[C@H]2CC[C@H]3[C@@H]4C[C@H]5O[C@]56[C@@H](O)[C@H]5O[C@H]5C(=O)[C@]6(C)[C@H]4CC[C@]23C)OC1=O. The lowest BCUT2D eigenvalue weighted by atomic mass is 9.43. The number of aliphatic hydroxyl groups is 2. The molecule has 7 heteroatoms. The van der Waals surface area contributed by atoms with E-state index >= 15 is 0 Å². The van der Waals surface area contributed by atoms with Crippen LogP contribution in [0.15, 0.2) is 11.1 Å². The number of carbonyl (C=O) groups is 2. The third kappa shape index (κ3) is 2.56. The molecule has 0 aromatic heterocycles. The molecule has 192 valence electrons. The van der Waals surface area contributed by atoms with Gasteiger partial charge in [-0.1, -0.05) is 13.8 Å². The Balaban J connectivity index is 1.17. The van der Waals surface area contributed by atoms with Crippen LogP contribution in [0.25, 0.3) is 0 Å². The number of rotatable bonds is 3. The molecule has 0 aromatic rings. The minimum Gasteiger partial charge on any atom is -0.458 e. The van der Waals surface area contributed by atoms with E-state index in [1.54, 1.807) is 6.92 Å². The summed E-state index contributed by atoms with van der Waals surface area (Å²) >= 11 is 0. The molecule has 0 aromatic carbocycles. The molecule has 2 N–H and O–H groups in total. The van der Waals surface area contributed by atoms with Crippen LogP contribution in [0.5, 0.6) is 0 Å². The third-order valence-electron chi connectivity index (χ3n) is 12.3. The van der Waals surface area contributed by atoms with Crippen molar-refractivity contribution >= 4 is 11.8 Å². The highest BCUT2D eigenvalue weighted by Gasteiger charge is 2.86. The van der Waals surface area contributed by atoms with E-state index in [1.165, 1.54) is 0 Å². The monoisotopic (exact) mass is 486 g/mol. The van der Waals surface area contributed by atoms with E-state index in [4.69, 9.17) is 14.2 Å². The smallest absolute Gasteiger partial charge is 0.334 e. The van der Waals surface area contributed by atoms with Crippen molar-refractivity contribution in [3.8, 4) is 0 Å². The predicted octanol–water partition coefficient (Wildman–Crippen LogP) is 2.56. The van der Waals surface area contributed by atoms with Crippen LogP contribution >= 0.6 is 0 Å². The summed E-state index contributed by atoms with van der Waals surface area (Å²) in [7, 11) is 0. The van der Waals surface area contributed by atoms with Crippen LogP contribution in [-0.2, 0) is 23.8 Å². The van der Waals surface area contributed by atoms with Gasteiger partial charge < -0.3 is 24.4 Å². The van der Waals surface area contributed by atoms with Gasteiger partial charge in [0.05, 0.1) is 18.1 Å². The van der Waals surface area contributed by atoms with E-state index in [-0.39, 0.29) is 53.9 Å². The molecule has 2 saturated heterocycles. The van der Waals surface area contributed by atoms with Gasteiger partial charge >= 0.3 is 5.97 Å². The van der Waals surface area contributed by atoms with Crippen LogP contribution < -0.4 is 0 Å². The largest absolute Gasteiger partial charge is 0.458 e. The number of fused-ring (bicyclic) bond motifs is 5. The fourth-order valence-electron chi connectivity index (χ4n) is 10.3. The Bertz CT molecular complexity index is 1040. The summed E-state index contributed by atoms with van der Waals surface area (Å²) in [6.07, 6.45) is 3.94. The van der Waals surface area contributed by atoms with Crippen molar-refractivity contribution in [2.75, 3.05) is 6.61 Å². The first kappa shape index (κ1) is 22.9. The standard InChI is InChI=1S/C28H38O7/c1-12-14(11-29)9-19(33-25(12)32)13(2)16-5-6-17-15-10-20-28(35-20)24(31)22-21(34-22)23(30)27(28,4)18(15)7-8-26(16,17)3/h13,15-22,24,29,31H,5-11H2,1-4H3/t13-,15-,16+,17-,18-,19+,20+,21+,22-,24-,26+,27-,28-/m0/s1. The fourth-order valence-corrected chi connectivity index (χ4v) is 10.3. The van der Waals surface area contributed by atoms with Crippen LogP contribution in [0.1, 0.15) is 66.2 Å². The summed E-state index contributed by atoms with van der Waals surface area (Å²) in [5.41, 5.74) is 0.0433. The van der Waals surface area contributed by atoms with Gasteiger partial charge in [0.15, 0.2) is 5.78 Å². The van der Waals surface area contributed by atoms with Crippen LogP contribution in [-0.4, -0.2) is 64.7 Å². The molecule has 7 rings (SSSR count). The van der Waals surface area contributed by atoms with Gasteiger partial charge in [0, 0.05) is 12.0 Å². The molecule has 1 spiro atoms. The molecule has 0 amide bonds. The molecule has 0 bridgehead atoms. The Morgan fingerprint density at radius 1 is 1.14 bits per heavy atom. The highest BCUT2D eigenvalue weighted by Crippen LogP contribution is 2.75. The van der Waals surface area contributed by atoms with E-state index in [1.807, 2.05) is 0 Å². The molecule has 0 unspecified atom stereocenters. The zero-order valence-electron chi connectivity index (χ0n) is 21.2. The third-order valence-corrected chi connectivity index (χ3v) is 12.3. The van der Waals surface area contributed by atoms with Crippen molar-refractivity contribution in [3.05, 3.63) is 11.1 Å². The molecular weight excluding hydrogens is 448 g/mol. The van der Waals surface area contributed by atoms with E-state index < -0.39 is 23.2 Å². The summed E-state index contributed by atoms with van der Waals surface area (Å²) in [6, 6.07) is 0. The Morgan fingerprint density at radius 3 is 2.66 bits per heavy atom. The number of carbonyl (C=O) groups excluding carboxylic acids is 2. The quantitative estimate of drug-likeness (QED) is 0.466. The summed E-state index contributed by atoms with van der Waals surface area (Å²) in [4.78, 5) is 26.1. The van der Waals surface area contributed by atoms with Crippen LogP contribution in [0.2, 0.25) is 0 Å². The highest BCUT2D eigenvalue weighted by atomic mass is 16.7. The number of hydrogen-bond acceptors (Lipinski definition) is 7. The minimum absolute atomic E-state index is 0.0591. The molecule has 3 heterocycles. The van der Waals surface area contributed by atoms with Crippen LogP contribution in [0.4, 0.5) is 0 Å². The number of Topliss-reactive ketones (excluding diaryl/α,β-unsaturated/α-hetero) is 1. The van der Waals surface area contributed by atoms with Crippen LogP contribution in [0.3, 0.4) is 0 Å². The summed E-state index contributed by atoms with van der Waals surface area (Å²) in [5, 5.41) is 20.9. The summed E-state index contributed by atoms with van der Waals surface area (Å²) in [6.45, 7) is 8.37. The lowest BCUT2D eigenvalue weighted by Crippen LogP contribution is -2.67. The van der Waals surface area contributed by atoms with Crippen molar-refractivity contribution in [2.24, 2.45) is 40.4 Å². The summed E-state index contributed by atoms with van der Waals surface area (Å²) < 4.78 is 17.8. The van der Waals surface area contributed by atoms with Crippen molar-refractivity contribution in [2.45, 2.75) is 102 Å². The molecular formula is C28H38O7. The van der Waals surface area contributed by atoms with Gasteiger partial charge in [-0.15, -0.1) is 0 Å². The molecule has 0 radical (unpaired) electrons. The van der Waals surface area contributed by atoms with Gasteiger partial charge in [-0.3, -0.25) is 4.79 Å². The highest BCUT2D eigenvalue weighted by molar-refractivity contribution is 5.95. The number of esters is 1. The molecule has 13 atom stereocenters. The number of hydrogen-bond donors (Lipinski definition) is 2.